The summed E-state index contributed by atoms with van der Waals surface area (Å²) < 4.78 is 12.9. The number of carbonyl (C=O) groups is 1. The van der Waals surface area contributed by atoms with E-state index < -0.39 is 11.7 Å². The summed E-state index contributed by atoms with van der Waals surface area (Å²) in [6, 6.07) is 2.00. The van der Waals surface area contributed by atoms with E-state index in [4.69, 9.17) is 9.47 Å². The smallest absolute Gasteiger partial charge is 0.407 e. The summed E-state index contributed by atoms with van der Waals surface area (Å²) in [6.45, 7) is 13.8. The van der Waals surface area contributed by atoms with Gasteiger partial charge < -0.3 is 14.8 Å². The number of ether oxygens (including phenoxy) is 2. The highest BCUT2D eigenvalue weighted by atomic mass is 16.6. The Bertz CT molecular complexity index is 538. The maximum absolute atomic E-state index is 11.7. The third-order valence-corrected chi connectivity index (χ3v) is 3.34. The van der Waals surface area contributed by atoms with Gasteiger partial charge in [0.1, 0.15) is 5.60 Å². The van der Waals surface area contributed by atoms with Crippen molar-refractivity contribution in [3.63, 3.8) is 0 Å². The molecule has 0 saturated heterocycles. The van der Waals surface area contributed by atoms with Crippen LogP contribution in [0.5, 0.6) is 5.88 Å². The molecular formula is C16H27N3O3. The molecule has 0 aliphatic carbocycles. The molecule has 0 aromatic carbocycles. The van der Waals surface area contributed by atoms with E-state index >= 15 is 0 Å². The molecule has 6 nitrogen and oxygen atoms in total. The Hall–Kier alpha value is -1.72. The van der Waals surface area contributed by atoms with Crippen LogP contribution >= 0.6 is 0 Å². The molecule has 1 unspecified atom stereocenters. The second-order valence-electron chi connectivity index (χ2n) is 7.86. The molecule has 0 spiro atoms. The van der Waals surface area contributed by atoms with Gasteiger partial charge in [-0.25, -0.2) is 9.48 Å². The molecule has 1 aromatic rings. The van der Waals surface area contributed by atoms with Crippen LogP contribution in [0.1, 0.15) is 47.2 Å². The molecule has 22 heavy (non-hydrogen) atoms. The molecule has 1 aliphatic heterocycles. The van der Waals surface area contributed by atoms with E-state index in [9.17, 15) is 4.79 Å². The van der Waals surface area contributed by atoms with Crippen LogP contribution in [0.25, 0.3) is 0 Å². The number of carbonyl (C=O) groups excluding carboxylic acids is 1. The molecule has 0 saturated carbocycles. The fraction of sp³-hybridized carbons (Fsp3) is 0.750. The quantitative estimate of drug-likeness (QED) is 0.912. The Labute approximate surface area is 132 Å². The molecular weight excluding hydrogens is 282 g/mol. The van der Waals surface area contributed by atoms with E-state index in [0.29, 0.717) is 13.2 Å². The number of alkyl carbamates (subject to hydrolysis) is 1. The van der Waals surface area contributed by atoms with Gasteiger partial charge in [0, 0.05) is 23.9 Å². The third-order valence-electron chi connectivity index (χ3n) is 3.34. The lowest BCUT2D eigenvalue weighted by atomic mass is 9.93. The SMILES string of the molecule is CC(C)(C)OC(=O)NCC1COc2cc(C(C)(C)C)nn2C1. The maximum Gasteiger partial charge on any atom is 0.407 e. The molecule has 2 rings (SSSR count). The number of fused-ring (bicyclic) bond motifs is 1. The summed E-state index contributed by atoms with van der Waals surface area (Å²) in [5.74, 6) is 0.992. The van der Waals surface area contributed by atoms with E-state index in [-0.39, 0.29) is 11.3 Å². The van der Waals surface area contributed by atoms with Crippen molar-refractivity contribution in [1.82, 2.24) is 15.1 Å². The first-order valence-corrected chi connectivity index (χ1v) is 7.72. The van der Waals surface area contributed by atoms with Crippen molar-refractivity contribution in [2.24, 2.45) is 5.92 Å². The van der Waals surface area contributed by atoms with Crippen molar-refractivity contribution in [2.75, 3.05) is 13.2 Å². The largest absolute Gasteiger partial charge is 0.477 e. The first-order valence-electron chi connectivity index (χ1n) is 7.72. The predicted molar refractivity (Wildman–Crippen MR) is 84.1 cm³/mol. The molecule has 0 bridgehead atoms. The number of hydrogen-bond donors (Lipinski definition) is 1. The maximum atomic E-state index is 11.7. The highest BCUT2D eigenvalue weighted by molar-refractivity contribution is 5.67. The van der Waals surface area contributed by atoms with Gasteiger partial charge in [-0.15, -0.1) is 0 Å². The highest BCUT2D eigenvalue weighted by Crippen LogP contribution is 2.28. The average Bonchev–Trinajstić information content (AvgIpc) is 2.77. The second-order valence-corrected chi connectivity index (χ2v) is 7.86. The standard InChI is InChI=1S/C16H27N3O3/c1-15(2,3)12-7-13-19(18-12)9-11(10-21-13)8-17-14(20)22-16(4,5)6/h7,11H,8-10H2,1-6H3,(H,17,20). The van der Waals surface area contributed by atoms with Crippen LogP contribution < -0.4 is 10.1 Å². The molecule has 6 heteroatoms. The zero-order valence-electron chi connectivity index (χ0n) is 14.4. The van der Waals surface area contributed by atoms with Crippen molar-refractivity contribution in [2.45, 2.75) is 59.1 Å². The topological polar surface area (TPSA) is 65.4 Å². The fourth-order valence-corrected chi connectivity index (χ4v) is 2.18. The zero-order chi connectivity index (χ0) is 16.5. The molecule has 124 valence electrons. The fourth-order valence-electron chi connectivity index (χ4n) is 2.18. The van der Waals surface area contributed by atoms with Gasteiger partial charge in [-0.1, -0.05) is 20.8 Å². The normalized spacial score (nSPS) is 18.4. The van der Waals surface area contributed by atoms with Crippen LogP contribution in [0, 0.1) is 5.92 Å². The summed E-state index contributed by atoms with van der Waals surface area (Å²) in [6.07, 6.45) is -0.394. The number of nitrogens with zero attached hydrogens (tertiary/aromatic N) is 2. The number of rotatable bonds is 2. The van der Waals surface area contributed by atoms with Crippen LogP contribution in [0.2, 0.25) is 0 Å². The van der Waals surface area contributed by atoms with Crippen molar-refractivity contribution in [3.05, 3.63) is 11.8 Å². The van der Waals surface area contributed by atoms with Crippen LogP contribution in [-0.4, -0.2) is 34.6 Å². The van der Waals surface area contributed by atoms with Crippen molar-refractivity contribution >= 4 is 6.09 Å². The van der Waals surface area contributed by atoms with Crippen LogP contribution in [0.4, 0.5) is 4.79 Å². The van der Waals surface area contributed by atoms with Gasteiger partial charge in [-0.05, 0) is 20.8 Å². The van der Waals surface area contributed by atoms with Crippen LogP contribution in [-0.2, 0) is 16.7 Å². The molecule has 1 amide bonds. The second kappa shape index (κ2) is 5.82. The lowest BCUT2D eigenvalue weighted by Crippen LogP contribution is -2.39. The van der Waals surface area contributed by atoms with Crippen molar-refractivity contribution in [1.29, 1.82) is 0 Å². The third kappa shape index (κ3) is 4.39. The molecule has 0 fully saturated rings. The van der Waals surface area contributed by atoms with Crippen molar-refractivity contribution in [3.8, 4) is 5.88 Å². The minimum atomic E-state index is -0.482. The molecule has 2 heterocycles. The van der Waals surface area contributed by atoms with Gasteiger partial charge in [0.15, 0.2) is 0 Å². The lowest BCUT2D eigenvalue weighted by Gasteiger charge is -2.25. The number of aromatic nitrogens is 2. The van der Waals surface area contributed by atoms with Gasteiger partial charge in [0.2, 0.25) is 5.88 Å². The minimum Gasteiger partial charge on any atom is -0.477 e. The summed E-state index contributed by atoms with van der Waals surface area (Å²) >= 11 is 0. The number of amides is 1. The highest BCUT2D eigenvalue weighted by Gasteiger charge is 2.26. The first-order chi connectivity index (χ1) is 10.0. The van der Waals surface area contributed by atoms with E-state index in [1.165, 1.54) is 0 Å². The number of hydrogen-bond acceptors (Lipinski definition) is 4. The zero-order valence-corrected chi connectivity index (χ0v) is 14.4. The lowest BCUT2D eigenvalue weighted by molar-refractivity contribution is 0.0503. The van der Waals surface area contributed by atoms with E-state index in [2.05, 4.69) is 31.2 Å². The predicted octanol–water partition coefficient (Wildman–Crippen LogP) is 2.71. The Balaban J connectivity index is 1.90. The molecule has 1 N–H and O–H groups in total. The van der Waals surface area contributed by atoms with Gasteiger partial charge in [0.25, 0.3) is 0 Å². The molecule has 1 aromatic heterocycles. The van der Waals surface area contributed by atoms with Gasteiger partial charge >= 0.3 is 6.09 Å². The number of nitrogens with one attached hydrogen (secondary N) is 1. The van der Waals surface area contributed by atoms with E-state index in [0.717, 1.165) is 18.1 Å². The molecule has 0 radical (unpaired) electrons. The molecule has 1 atom stereocenters. The van der Waals surface area contributed by atoms with Gasteiger partial charge in [-0.3, -0.25) is 0 Å². The van der Waals surface area contributed by atoms with Crippen LogP contribution in [0.3, 0.4) is 0 Å². The average molecular weight is 309 g/mol. The minimum absolute atomic E-state index is 0.00202. The van der Waals surface area contributed by atoms with Gasteiger partial charge in [0.05, 0.1) is 18.8 Å². The Kier molecular flexibility index (Phi) is 4.40. The summed E-state index contributed by atoms with van der Waals surface area (Å²) in [5.41, 5.74) is 0.533. The molecule has 1 aliphatic rings. The monoisotopic (exact) mass is 309 g/mol. The summed E-state index contributed by atoms with van der Waals surface area (Å²) in [7, 11) is 0. The van der Waals surface area contributed by atoms with Gasteiger partial charge in [-0.2, -0.15) is 5.10 Å². The summed E-state index contributed by atoms with van der Waals surface area (Å²) in [4.78, 5) is 11.7. The Morgan fingerprint density at radius 1 is 1.41 bits per heavy atom. The van der Waals surface area contributed by atoms with E-state index in [1.54, 1.807) is 0 Å². The first kappa shape index (κ1) is 16.6. The Morgan fingerprint density at radius 2 is 2.09 bits per heavy atom. The Morgan fingerprint density at radius 3 is 2.68 bits per heavy atom. The van der Waals surface area contributed by atoms with E-state index in [1.807, 2.05) is 31.5 Å². The summed E-state index contributed by atoms with van der Waals surface area (Å²) in [5, 5.41) is 7.40. The van der Waals surface area contributed by atoms with Crippen molar-refractivity contribution < 1.29 is 14.3 Å². The van der Waals surface area contributed by atoms with Crippen LogP contribution in [0.15, 0.2) is 6.07 Å².